The van der Waals surface area contributed by atoms with Gasteiger partial charge in [0.25, 0.3) is 0 Å². The lowest BCUT2D eigenvalue weighted by molar-refractivity contribution is -0.284. The van der Waals surface area contributed by atoms with Crippen LogP contribution in [0, 0.1) is 0 Å². The summed E-state index contributed by atoms with van der Waals surface area (Å²) in [6.45, 7) is 1.77. The van der Waals surface area contributed by atoms with Crippen LogP contribution in [0.5, 0.6) is 0 Å². The maximum Gasteiger partial charge on any atom is 0.453 e. The van der Waals surface area contributed by atoms with Crippen molar-refractivity contribution in [3.8, 4) is 0 Å². The van der Waals surface area contributed by atoms with Crippen LogP contribution in [0.25, 0.3) is 0 Å². The summed E-state index contributed by atoms with van der Waals surface area (Å²) in [7, 11) is 0. The normalized spacial score (nSPS) is 13.1. The first-order valence-corrected chi connectivity index (χ1v) is 4.98. The van der Waals surface area contributed by atoms with E-state index in [0.29, 0.717) is 0 Å². The fourth-order valence-electron chi connectivity index (χ4n) is 0.954. The molecule has 0 saturated heterocycles. The molecule has 0 heterocycles. The van der Waals surface area contributed by atoms with Crippen molar-refractivity contribution in [1.82, 2.24) is 0 Å². The summed E-state index contributed by atoms with van der Waals surface area (Å²) in [6, 6.07) is 0. The van der Waals surface area contributed by atoms with Gasteiger partial charge in [0, 0.05) is 12.5 Å². The van der Waals surface area contributed by atoms with E-state index >= 15 is 0 Å². The Bertz CT molecular complexity index is 270. The van der Waals surface area contributed by atoms with Crippen LogP contribution in [-0.2, 0) is 9.53 Å². The van der Waals surface area contributed by atoms with Crippen LogP contribution in [0.1, 0.15) is 26.2 Å². The maximum absolute atomic E-state index is 12.4. The number of halogens is 5. The smallest absolute Gasteiger partial charge is 0.453 e. The topological polar surface area (TPSA) is 26.3 Å². The summed E-state index contributed by atoms with van der Waals surface area (Å²) < 4.78 is 64.5. The molecule has 0 aliphatic carbocycles. The van der Waals surface area contributed by atoms with Gasteiger partial charge in [-0.15, -0.1) is 0 Å². The first-order valence-electron chi connectivity index (χ1n) is 4.98. The minimum atomic E-state index is -5.52. The van der Waals surface area contributed by atoms with E-state index in [0.717, 1.165) is 6.08 Å². The number of allylic oxidation sites excluding steroid dienone is 1. The molecule has 2 nitrogen and oxygen atoms in total. The highest BCUT2D eigenvalue weighted by Gasteiger charge is 2.56. The number of carbonyl (C=O) groups excluding carboxylic acids is 1. The zero-order valence-electron chi connectivity index (χ0n) is 9.19. The zero-order chi connectivity index (χ0) is 13.5. The SMILES string of the molecule is CCOC(=O)/C=C/CCCC(F)(F)C(F)(F)F. The Kier molecular flexibility index (Phi) is 6.12. The van der Waals surface area contributed by atoms with Gasteiger partial charge in [-0.25, -0.2) is 4.79 Å². The number of hydrogen-bond acceptors (Lipinski definition) is 2. The van der Waals surface area contributed by atoms with Crippen molar-refractivity contribution in [2.75, 3.05) is 6.61 Å². The van der Waals surface area contributed by atoms with Crippen molar-refractivity contribution in [2.24, 2.45) is 0 Å². The second kappa shape index (κ2) is 6.56. The summed E-state index contributed by atoms with van der Waals surface area (Å²) >= 11 is 0. The van der Waals surface area contributed by atoms with Crippen LogP contribution in [0.4, 0.5) is 22.0 Å². The van der Waals surface area contributed by atoms with E-state index in [2.05, 4.69) is 4.74 Å². The largest absolute Gasteiger partial charge is 0.463 e. The van der Waals surface area contributed by atoms with E-state index in [1.807, 2.05) is 0 Å². The highest BCUT2D eigenvalue weighted by Crippen LogP contribution is 2.39. The Labute approximate surface area is 95.4 Å². The van der Waals surface area contributed by atoms with Crippen molar-refractivity contribution < 1.29 is 31.5 Å². The molecule has 0 saturated carbocycles. The van der Waals surface area contributed by atoms with Crippen molar-refractivity contribution in [3.05, 3.63) is 12.2 Å². The molecule has 0 unspecified atom stereocenters. The third-order valence-electron chi connectivity index (χ3n) is 1.82. The predicted molar refractivity (Wildman–Crippen MR) is 50.6 cm³/mol. The fraction of sp³-hybridized carbons (Fsp3) is 0.700. The van der Waals surface area contributed by atoms with Gasteiger partial charge < -0.3 is 4.74 Å². The predicted octanol–water partition coefficient (Wildman–Crippen LogP) is 3.47. The molecule has 0 spiro atoms. The Balaban J connectivity index is 3.90. The average Bonchev–Trinajstić information content (AvgIpc) is 2.15. The van der Waals surface area contributed by atoms with Gasteiger partial charge in [0.1, 0.15) is 0 Å². The van der Waals surface area contributed by atoms with Gasteiger partial charge in [-0.1, -0.05) is 6.08 Å². The van der Waals surface area contributed by atoms with Crippen molar-refractivity contribution >= 4 is 5.97 Å². The molecular weight excluding hydrogens is 247 g/mol. The number of hydrogen-bond donors (Lipinski definition) is 0. The highest BCUT2D eigenvalue weighted by molar-refractivity contribution is 5.81. The lowest BCUT2D eigenvalue weighted by Crippen LogP contribution is -2.36. The monoisotopic (exact) mass is 260 g/mol. The molecular formula is C10H13F5O2. The van der Waals surface area contributed by atoms with Crippen molar-refractivity contribution in [1.29, 1.82) is 0 Å². The molecule has 0 radical (unpaired) electrons. The maximum atomic E-state index is 12.4. The molecule has 7 heteroatoms. The minimum absolute atomic E-state index is 0.0372. The van der Waals surface area contributed by atoms with Crippen LogP contribution < -0.4 is 0 Å². The van der Waals surface area contributed by atoms with Gasteiger partial charge in [-0.05, 0) is 19.8 Å². The number of unbranched alkanes of at least 4 members (excludes halogenated alkanes) is 1. The van der Waals surface area contributed by atoms with Crippen LogP contribution in [-0.4, -0.2) is 24.7 Å². The van der Waals surface area contributed by atoms with E-state index in [1.54, 1.807) is 6.92 Å². The van der Waals surface area contributed by atoms with Crippen LogP contribution >= 0.6 is 0 Å². The molecule has 0 aromatic heterocycles. The Morgan fingerprint density at radius 2 is 1.82 bits per heavy atom. The summed E-state index contributed by atoms with van der Waals surface area (Å²) in [5.74, 6) is -5.32. The highest BCUT2D eigenvalue weighted by atomic mass is 19.4. The second-order valence-electron chi connectivity index (χ2n) is 3.25. The van der Waals surface area contributed by atoms with Crippen LogP contribution in [0.2, 0.25) is 0 Å². The molecule has 0 aromatic carbocycles. The average molecular weight is 260 g/mol. The van der Waals surface area contributed by atoms with Crippen molar-refractivity contribution in [3.63, 3.8) is 0 Å². The Morgan fingerprint density at radius 3 is 2.29 bits per heavy atom. The van der Waals surface area contributed by atoms with Crippen LogP contribution in [0.3, 0.4) is 0 Å². The van der Waals surface area contributed by atoms with Gasteiger partial charge in [0.05, 0.1) is 6.61 Å². The van der Waals surface area contributed by atoms with E-state index in [9.17, 15) is 26.7 Å². The number of alkyl halides is 5. The molecule has 0 bridgehead atoms. The molecule has 100 valence electrons. The standard InChI is InChI=1S/C10H13F5O2/c1-2-17-8(16)6-4-3-5-7-9(11,12)10(13,14)15/h4,6H,2-3,5,7H2,1H3/b6-4+. The number of carbonyl (C=O) groups is 1. The Hall–Kier alpha value is -1.14. The first kappa shape index (κ1) is 15.9. The minimum Gasteiger partial charge on any atom is -0.463 e. The second-order valence-corrected chi connectivity index (χ2v) is 3.25. The lowest BCUT2D eigenvalue weighted by atomic mass is 10.1. The van der Waals surface area contributed by atoms with Gasteiger partial charge in [-0.3, -0.25) is 0 Å². The Morgan fingerprint density at radius 1 is 1.24 bits per heavy atom. The molecule has 0 aromatic rings. The summed E-state index contributed by atoms with van der Waals surface area (Å²) in [5.41, 5.74) is 0. The molecule has 0 fully saturated rings. The van der Waals surface area contributed by atoms with Gasteiger partial charge in [0.2, 0.25) is 0 Å². The number of ether oxygens (including phenoxy) is 1. The van der Waals surface area contributed by atoms with E-state index in [-0.39, 0.29) is 19.4 Å². The first-order chi connectivity index (χ1) is 7.70. The van der Waals surface area contributed by atoms with Crippen molar-refractivity contribution in [2.45, 2.75) is 38.3 Å². The molecule has 0 aliphatic rings. The lowest BCUT2D eigenvalue weighted by Gasteiger charge is -2.18. The molecule has 0 atom stereocenters. The summed E-state index contributed by atoms with van der Waals surface area (Å²) in [6.07, 6.45) is -4.98. The quantitative estimate of drug-likeness (QED) is 0.316. The molecule has 0 amide bonds. The number of rotatable bonds is 6. The van der Waals surface area contributed by atoms with E-state index in [4.69, 9.17) is 0 Å². The third kappa shape index (κ3) is 6.23. The third-order valence-corrected chi connectivity index (χ3v) is 1.82. The van der Waals surface area contributed by atoms with Crippen LogP contribution in [0.15, 0.2) is 12.2 Å². The zero-order valence-corrected chi connectivity index (χ0v) is 9.19. The fourth-order valence-corrected chi connectivity index (χ4v) is 0.954. The molecule has 17 heavy (non-hydrogen) atoms. The summed E-state index contributed by atoms with van der Waals surface area (Å²) in [5, 5.41) is 0. The molecule has 0 N–H and O–H groups in total. The van der Waals surface area contributed by atoms with Gasteiger partial charge in [-0.2, -0.15) is 22.0 Å². The summed E-state index contributed by atoms with van der Waals surface area (Å²) in [4.78, 5) is 10.7. The molecule has 0 aliphatic heterocycles. The van der Waals surface area contributed by atoms with E-state index < -0.39 is 24.5 Å². The number of esters is 1. The van der Waals surface area contributed by atoms with E-state index in [1.165, 1.54) is 6.08 Å². The molecule has 0 rings (SSSR count). The van der Waals surface area contributed by atoms with Gasteiger partial charge in [0.15, 0.2) is 0 Å². The van der Waals surface area contributed by atoms with Gasteiger partial charge >= 0.3 is 18.1 Å².